The fraction of sp³-hybridized carbons (Fsp3) is 0.167. The maximum absolute atomic E-state index is 5.68. The smallest absolute Gasteiger partial charge is 0.0758 e. The molecule has 1 atom stereocenters. The molecular weight excluding hydrogens is 491 g/mol. The van der Waals surface area contributed by atoms with Crippen LogP contribution in [0.5, 0.6) is 0 Å². The summed E-state index contributed by atoms with van der Waals surface area (Å²) < 4.78 is 3.46. The zero-order valence-corrected chi connectivity index (χ0v) is 15.4. The van der Waals surface area contributed by atoms with Gasteiger partial charge < -0.3 is 0 Å². The van der Waals surface area contributed by atoms with Crippen LogP contribution in [0.2, 0.25) is 0 Å². The Morgan fingerprint density at radius 2 is 1.94 bits per heavy atom. The predicted octanol–water partition coefficient (Wildman–Crippen LogP) is 4.62. The molecule has 0 saturated heterocycles. The number of nitrogens with one attached hydrogen (secondary N) is 1. The molecule has 0 spiro atoms. The number of hydrazine groups is 1. The quantitative estimate of drug-likeness (QED) is 0.364. The van der Waals surface area contributed by atoms with Gasteiger partial charge in [-0.3, -0.25) is 11.3 Å². The molecule has 18 heavy (non-hydrogen) atoms. The molecule has 2 nitrogen and oxygen atoms in total. The fourth-order valence-corrected chi connectivity index (χ4v) is 5.04. The molecule has 0 saturated carbocycles. The van der Waals surface area contributed by atoms with E-state index in [9.17, 15) is 0 Å². The van der Waals surface area contributed by atoms with Crippen molar-refractivity contribution in [2.24, 2.45) is 5.84 Å². The van der Waals surface area contributed by atoms with E-state index in [2.05, 4.69) is 90.2 Å². The Morgan fingerprint density at radius 3 is 2.44 bits per heavy atom. The molecule has 6 heteroatoms. The van der Waals surface area contributed by atoms with Crippen LogP contribution in [-0.2, 0) is 6.42 Å². The normalized spacial score (nSPS) is 12.7. The molecule has 1 unspecified atom stereocenters. The molecule has 0 aliphatic heterocycles. The third-order valence-electron chi connectivity index (χ3n) is 2.61. The van der Waals surface area contributed by atoms with Crippen molar-refractivity contribution in [1.82, 2.24) is 5.43 Å². The first-order chi connectivity index (χ1) is 8.60. The molecule has 0 aliphatic carbocycles. The molecule has 1 aromatic carbocycles. The minimum absolute atomic E-state index is 0.113. The van der Waals surface area contributed by atoms with Crippen LogP contribution in [0.3, 0.4) is 0 Å². The Bertz CT molecular complexity index is 527. The van der Waals surface area contributed by atoms with Crippen molar-refractivity contribution in [3.8, 4) is 0 Å². The van der Waals surface area contributed by atoms with Crippen molar-refractivity contribution >= 4 is 65.8 Å². The average Bonchev–Trinajstić information content (AvgIpc) is 2.68. The summed E-state index contributed by atoms with van der Waals surface area (Å²) in [6.07, 6.45) is 0.870. The van der Waals surface area contributed by atoms with Gasteiger partial charge in [-0.15, -0.1) is 11.3 Å². The molecule has 1 aromatic heterocycles. The summed E-state index contributed by atoms with van der Waals surface area (Å²) in [5.74, 6) is 5.68. The van der Waals surface area contributed by atoms with Gasteiger partial charge in [0.1, 0.15) is 0 Å². The average molecular weight is 502 g/mol. The largest absolute Gasteiger partial charge is 0.271 e. The first-order valence-electron chi connectivity index (χ1n) is 5.25. The first-order valence-corrected chi connectivity index (χ1v) is 8.73. The second kappa shape index (κ2) is 6.81. The molecule has 3 N–H and O–H groups in total. The molecule has 0 radical (unpaired) electrons. The minimum Gasteiger partial charge on any atom is -0.271 e. The summed E-state index contributed by atoms with van der Waals surface area (Å²) in [5, 5.41) is 0. The van der Waals surface area contributed by atoms with E-state index in [1.807, 2.05) is 0 Å². The Morgan fingerprint density at radius 1 is 1.28 bits per heavy atom. The van der Waals surface area contributed by atoms with Crippen LogP contribution < -0.4 is 11.3 Å². The lowest BCUT2D eigenvalue weighted by atomic mass is 10.0. The van der Waals surface area contributed by atoms with Gasteiger partial charge in [0.25, 0.3) is 0 Å². The van der Waals surface area contributed by atoms with Crippen LogP contribution in [0.15, 0.2) is 37.9 Å². The zero-order chi connectivity index (χ0) is 13.1. The second-order valence-corrected chi connectivity index (χ2v) is 8.82. The highest BCUT2D eigenvalue weighted by Gasteiger charge is 2.16. The summed E-state index contributed by atoms with van der Waals surface area (Å²) in [7, 11) is 0. The van der Waals surface area contributed by atoms with E-state index in [0.717, 1.165) is 14.0 Å². The molecule has 0 bridgehead atoms. The zero-order valence-electron chi connectivity index (χ0n) is 9.29. The Balaban J connectivity index is 2.19. The van der Waals surface area contributed by atoms with Gasteiger partial charge in [-0.25, -0.2) is 0 Å². The SMILES string of the molecule is NNC(Cc1ccc(I)cc1)c1cc(Br)sc1Br. The van der Waals surface area contributed by atoms with Crippen molar-refractivity contribution in [2.75, 3.05) is 0 Å². The lowest BCUT2D eigenvalue weighted by molar-refractivity contribution is 0.552. The highest BCUT2D eigenvalue weighted by molar-refractivity contribution is 14.1. The molecular formula is C12H11Br2IN2S. The van der Waals surface area contributed by atoms with Crippen molar-refractivity contribution in [1.29, 1.82) is 0 Å². The molecule has 0 amide bonds. The summed E-state index contributed by atoms with van der Waals surface area (Å²) in [6, 6.07) is 10.7. The van der Waals surface area contributed by atoms with Gasteiger partial charge in [-0.05, 0) is 90.2 Å². The number of rotatable bonds is 4. The number of hydrogen-bond acceptors (Lipinski definition) is 3. The Hall–Kier alpha value is 0.530. The lowest BCUT2D eigenvalue weighted by Gasteiger charge is -2.15. The van der Waals surface area contributed by atoms with Gasteiger partial charge in [-0.2, -0.15) is 0 Å². The first kappa shape index (κ1) is 14.9. The fourth-order valence-electron chi connectivity index (χ4n) is 1.71. The summed E-state index contributed by atoms with van der Waals surface area (Å²) in [6.45, 7) is 0. The molecule has 2 rings (SSSR count). The van der Waals surface area contributed by atoms with Gasteiger partial charge >= 0.3 is 0 Å². The number of hydrogen-bond donors (Lipinski definition) is 2. The van der Waals surface area contributed by atoms with Gasteiger partial charge in [-0.1, -0.05) is 12.1 Å². The van der Waals surface area contributed by atoms with Crippen LogP contribution in [0.25, 0.3) is 0 Å². The van der Waals surface area contributed by atoms with Gasteiger partial charge in [0.05, 0.1) is 13.6 Å². The van der Waals surface area contributed by atoms with Crippen LogP contribution in [0.1, 0.15) is 17.2 Å². The maximum atomic E-state index is 5.68. The molecule has 0 aliphatic rings. The third-order valence-corrected chi connectivity index (χ3v) is 5.72. The monoisotopic (exact) mass is 500 g/mol. The van der Waals surface area contributed by atoms with E-state index >= 15 is 0 Å². The predicted molar refractivity (Wildman–Crippen MR) is 92.6 cm³/mol. The highest BCUT2D eigenvalue weighted by atomic mass is 127. The maximum Gasteiger partial charge on any atom is 0.0758 e. The van der Waals surface area contributed by atoms with Crippen LogP contribution in [0.4, 0.5) is 0 Å². The van der Waals surface area contributed by atoms with E-state index in [1.165, 1.54) is 14.7 Å². The summed E-state index contributed by atoms with van der Waals surface area (Å²) >= 11 is 11.0. The van der Waals surface area contributed by atoms with Crippen LogP contribution >= 0.6 is 65.8 Å². The topological polar surface area (TPSA) is 38.0 Å². The lowest BCUT2D eigenvalue weighted by Crippen LogP contribution is -2.29. The van der Waals surface area contributed by atoms with E-state index < -0.39 is 0 Å². The van der Waals surface area contributed by atoms with Gasteiger partial charge in [0.2, 0.25) is 0 Å². The molecule has 0 fully saturated rings. The molecule has 1 heterocycles. The van der Waals surface area contributed by atoms with E-state index in [1.54, 1.807) is 11.3 Å². The Kier molecular flexibility index (Phi) is 5.64. The van der Waals surface area contributed by atoms with Gasteiger partial charge in [0.15, 0.2) is 0 Å². The number of halogens is 3. The number of thiophene rings is 1. The van der Waals surface area contributed by atoms with E-state index in [4.69, 9.17) is 5.84 Å². The summed E-state index contributed by atoms with van der Waals surface area (Å²) in [4.78, 5) is 0. The van der Waals surface area contributed by atoms with Crippen molar-refractivity contribution in [2.45, 2.75) is 12.5 Å². The Labute approximate surface area is 141 Å². The minimum atomic E-state index is 0.113. The van der Waals surface area contributed by atoms with Crippen molar-refractivity contribution in [3.63, 3.8) is 0 Å². The second-order valence-electron chi connectivity index (χ2n) is 3.83. The summed E-state index contributed by atoms with van der Waals surface area (Å²) in [5.41, 5.74) is 5.35. The van der Waals surface area contributed by atoms with Crippen LogP contribution in [0, 0.1) is 3.57 Å². The van der Waals surface area contributed by atoms with Crippen molar-refractivity contribution in [3.05, 3.63) is 52.6 Å². The number of nitrogens with two attached hydrogens (primary N) is 1. The highest BCUT2D eigenvalue weighted by Crippen LogP contribution is 2.36. The number of benzene rings is 1. The van der Waals surface area contributed by atoms with E-state index in [0.29, 0.717) is 0 Å². The van der Waals surface area contributed by atoms with Crippen molar-refractivity contribution < 1.29 is 0 Å². The molecule has 96 valence electrons. The standard InChI is InChI=1S/C12H11Br2IN2S/c13-11-6-9(12(14)18-11)10(17-16)5-7-1-3-8(15)4-2-7/h1-4,6,10,17H,5,16H2. The molecule has 2 aromatic rings. The van der Waals surface area contributed by atoms with Gasteiger partial charge in [0, 0.05) is 3.57 Å². The van der Waals surface area contributed by atoms with E-state index in [-0.39, 0.29) is 6.04 Å². The van der Waals surface area contributed by atoms with Crippen LogP contribution in [-0.4, -0.2) is 0 Å². The third kappa shape index (κ3) is 3.77.